The van der Waals surface area contributed by atoms with E-state index < -0.39 is 0 Å². The quantitative estimate of drug-likeness (QED) is 0.731. The second kappa shape index (κ2) is 3.70. The first kappa shape index (κ1) is 10.2. The average Bonchev–Trinajstić information content (AvgIpc) is 2.69. The van der Waals surface area contributed by atoms with Gasteiger partial charge < -0.3 is 5.43 Å². The molecule has 1 heterocycles. The third-order valence-electron chi connectivity index (χ3n) is 2.75. The van der Waals surface area contributed by atoms with Crippen molar-refractivity contribution in [2.24, 2.45) is 0 Å². The minimum Gasteiger partial charge on any atom is -0.328 e. The summed E-state index contributed by atoms with van der Waals surface area (Å²) in [5.41, 5.74) is 9.06. The molecule has 0 bridgehead atoms. The standard InChI is InChI=1S/C13H18N2/c1-13(2,3)11-6-4-10(5-7-11)12-8-9-14-15-12/h4-9,12,14-15H,1-3H3. The molecule has 1 unspecified atom stereocenters. The molecule has 2 N–H and O–H groups in total. The minimum absolute atomic E-state index is 0.232. The third-order valence-corrected chi connectivity index (χ3v) is 2.75. The number of benzene rings is 1. The van der Waals surface area contributed by atoms with Crippen LogP contribution < -0.4 is 10.9 Å². The SMILES string of the molecule is CC(C)(C)c1ccc(C2C=CNN2)cc1. The number of nitrogens with one attached hydrogen (secondary N) is 2. The summed E-state index contributed by atoms with van der Waals surface area (Å²) in [6.45, 7) is 6.70. The Kier molecular flexibility index (Phi) is 2.53. The van der Waals surface area contributed by atoms with Crippen molar-refractivity contribution in [3.63, 3.8) is 0 Å². The number of hydrogen-bond acceptors (Lipinski definition) is 2. The van der Waals surface area contributed by atoms with Gasteiger partial charge in [-0.1, -0.05) is 45.0 Å². The van der Waals surface area contributed by atoms with Gasteiger partial charge in [-0.25, -0.2) is 5.43 Å². The minimum atomic E-state index is 0.232. The predicted molar refractivity (Wildman–Crippen MR) is 63.3 cm³/mol. The van der Waals surface area contributed by atoms with Gasteiger partial charge in [0.05, 0.1) is 6.04 Å². The lowest BCUT2D eigenvalue weighted by molar-refractivity contribution is 0.586. The van der Waals surface area contributed by atoms with E-state index in [4.69, 9.17) is 0 Å². The van der Waals surface area contributed by atoms with Crippen LogP contribution in [0.3, 0.4) is 0 Å². The first-order valence-electron chi connectivity index (χ1n) is 5.35. The van der Waals surface area contributed by atoms with Crippen LogP contribution in [-0.4, -0.2) is 0 Å². The summed E-state index contributed by atoms with van der Waals surface area (Å²) in [5.74, 6) is 0. The van der Waals surface area contributed by atoms with E-state index in [0.29, 0.717) is 6.04 Å². The molecule has 0 saturated carbocycles. The molecule has 0 aromatic heterocycles. The highest BCUT2D eigenvalue weighted by Crippen LogP contribution is 2.24. The van der Waals surface area contributed by atoms with Crippen LogP contribution in [0.15, 0.2) is 36.5 Å². The number of hydrazine groups is 1. The molecule has 0 saturated heterocycles. The van der Waals surface area contributed by atoms with Gasteiger partial charge >= 0.3 is 0 Å². The van der Waals surface area contributed by atoms with Gasteiger partial charge in [0, 0.05) is 6.20 Å². The van der Waals surface area contributed by atoms with Gasteiger partial charge in [-0.15, -0.1) is 0 Å². The zero-order valence-corrected chi connectivity index (χ0v) is 9.54. The van der Waals surface area contributed by atoms with E-state index in [-0.39, 0.29) is 5.41 Å². The van der Waals surface area contributed by atoms with Gasteiger partial charge in [-0.2, -0.15) is 0 Å². The zero-order valence-electron chi connectivity index (χ0n) is 9.54. The molecule has 0 spiro atoms. The van der Waals surface area contributed by atoms with Gasteiger partial charge in [0.2, 0.25) is 0 Å². The van der Waals surface area contributed by atoms with Crippen LogP contribution in [0.2, 0.25) is 0 Å². The summed E-state index contributed by atoms with van der Waals surface area (Å²) in [6, 6.07) is 9.11. The van der Waals surface area contributed by atoms with Crippen LogP contribution in [0.4, 0.5) is 0 Å². The van der Waals surface area contributed by atoms with Crippen LogP contribution in [0.25, 0.3) is 0 Å². The normalized spacial score (nSPS) is 20.3. The Morgan fingerprint density at radius 2 is 1.73 bits per heavy atom. The summed E-state index contributed by atoms with van der Waals surface area (Å²) in [7, 11) is 0. The molecule has 1 aliphatic rings. The van der Waals surface area contributed by atoms with Crippen LogP contribution in [0, 0.1) is 0 Å². The molecular weight excluding hydrogens is 184 g/mol. The smallest absolute Gasteiger partial charge is 0.0707 e. The average molecular weight is 202 g/mol. The Labute approximate surface area is 91.4 Å². The van der Waals surface area contributed by atoms with E-state index in [0.717, 1.165) is 0 Å². The molecule has 2 heteroatoms. The second-order valence-corrected chi connectivity index (χ2v) is 5.00. The van der Waals surface area contributed by atoms with Crippen LogP contribution in [-0.2, 0) is 5.41 Å². The third kappa shape index (κ3) is 2.21. The summed E-state index contributed by atoms with van der Waals surface area (Å²) >= 11 is 0. The maximum Gasteiger partial charge on any atom is 0.0707 e. The topological polar surface area (TPSA) is 24.1 Å². The van der Waals surface area contributed by atoms with Crippen molar-refractivity contribution in [3.8, 4) is 0 Å². The summed E-state index contributed by atoms with van der Waals surface area (Å²) in [5, 5.41) is 0. The Hall–Kier alpha value is -1.28. The van der Waals surface area contributed by atoms with E-state index in [1.807, 2.05) is 6.20 Å². The molecule has 2 nitrogen and oxygen atoms in total. The van der Waals surface area contributed by atoms with Gasteiger partial charge in [0.15, 0.2) is 0 Å². The first-order valence-corrected chi connectivity index (χ1v) is 5.35. The molecule has 0 aliphatic carbocycles. The largest absolute Gasteiger partial charge is 0.328 e. The summed E-state index contributed by atoms with van der Waals surface area (Å²) < 4.78 is 0. The van der Waals surface area contributed by atoms with Crippen LogP contribution >= 0.6 is 0 Å². The van der Waals surface area contributed by atoms with Crippen LogP contribution in [0.5, 0.6) is 0 Å². The number of rotatable bonds is 1. The fourth-order valence-electron chi connectivity index (χ4n) is 1.72. The lowest BCUT2D eigenvalue weighted by Crippen LogP contribution is -2.24. The van der Waals surface area contributed by atoms with E-state index in [9.17, 15) is 0 Å². The van der Waals surface area contributed by atoms with Crippen molar-refractivity contribution in [2.75, 3.05) is 0 Å². The van der Waals surface area contributed by atoms with E-state index >= 15 is 0 Å². The highest BCUT2D eigenvalue weighted by atomic mass is 15.4. The van der Waals surface area contributed by atoms with Crippen molar-refractivity contribution in [1.82, 2.24) is 10.9 Å². The molecule has 1 atom stereocenters. The van der Waals surface area contributed by atoms with Gasteiger partial charge in [0.25, 0.3) is 0 Å². The summed E-state index contributed by atoms with van der Waals surface area (Å²) in [4.78, 5) is 0. The Morgan fingerprint density at radius 1 is 1.07 bits per heavy atom. The Morgan fingerprint density at radius 3 is 2.20 bits per heavy atom. The molecular formula is C13H18N2. The first-order chi connectivity index (χ1) is 7.07. The molecule has 0 fully saturated rings. The highest BCUT2D eigenvalue weighted by molar-refractivity contribution is 5.31. The molecule has 1 aromatic carbocycles. The number of hydrogen-bond donors (Lipinski definition) is 2. The maximum absolute atomic E-state index is 3.17. The van der Waals surface area contributed by atoms with Crippen molar-refractivity contribution >= 4 is 0 Å². The second-order valence-electron chi connectivity index (χ2n) is 5.00. The zero-order chi connectivity index (χ0) is 10.9. The van der Waals surface area contributed by atoms with Crippen molar-refractivity contribution < 1.29 is 0 Å². The van der Waals surface area contributed by atoms with Crippen molar-refractivity contribution in [3.05, 3.63) is 47.7 Å². The van der Waals surface area contributed by atoms with Crippen molar-refractivity contribution in [2.45, 2.75) is 32.2 Å². The molecule has 80 valence electrons. The van der Waals surface area contributed by atoms with E-state index in [2.05, 4.69) is 62.0 Å². The Bertz CT molecular complexity index is 357. The lowest BCUT2D eigenvalue weighted by Gasteiger charge is -2.20. The monoisotopic (exact) mass is 202 g/mol. The lowest BCUT2D eigenvalue weighted by atomic mass is 9.86. The molecule has 1 aliphatic heterocycles. The fourth-order valence-corrected chi connectivity index (χ4v) is 1.72. The fraction of sp³-hybridized carbons (Fsp3) is 0.385. The molecule has 0 amide bonds. The molecule has 0 radical (unpaired) electrons. The highest BCUT2D eigenvalue weighted by Gasteiger charge is 2.15. The van der Waals surface area contributed by atoms with E-state index in [1.165, 1.54) is 11.1 Å². The van der Waals surface area contributed by atoms with Gasteiger partial charge in [-0.05, 0) is 22.6 Å². The molecule has 1 aromatic rings. The maximum atomic E-state index is 3.17. The Balaban J connectivity index is 2.20. The van der Waals surface area contributed by atoms with Crippen LogP contribution in [0.1, 0.15) is 37.9 Å². The van der Waals surface area contributed by atoms with E-state index in [1.54, 1.807) is 0 Å². The predicted octanol–water partition coefficient (Wildman–Crippen LogP) is 2.65. The van der Waals surface area contributed by atoms with Gasteiger partial charge in [0.1, 0.15) is 0 Å². The molecule has 15 heavy (non-hydrogen) atoms. The summed E-state index contributed by atoms with van der Waals surface area (Å²) in [6.07, 6.45) is 4.05. The van der Waals surface area contributed by atoms with Gasteiger partial charge in [-0.3, -0.25) is 0 Å². The molecule has 2 rings (SSSR count). The van der Waals surface area contributed by atoms with Crippen molar-refractivity contribution in [1.29, 1.82) is 0 Å².